The predicted octanol–water partition coefficient (Wildman–Crippen LogP) is 7.19. The van der Waals surface area contributed by atoms with Crippen LogP contribution in [0.4, 0.5) is 26.8 Å². The lowest BCUT2D eigenvalue weighted by Gasteiger charge is -2.39. The van der Waals surface area contributed by atoms with E-state index in [4.69, 9.17) is 9.97 Å². The number of hydrogen-bond donors (Lipinski definition) is 2. The largest absolute Gasteiger partial charge is 0.372 e. The molecule has 1 saturated carbocycles. The maximum absolute atomic E-state index is 13.4. The molecule has 14 nitrogen and oxygen atoms in total. The highest BCUT2D eigenvalue weighted by atomic mass is 16.2. The van der Waals surface area contributed by atoms with E-state index in [2.05, 4.69) is 91.5 Å². The van der Waals surface area contributed by atoms with Crippen LogP contribution >= 0.6 is 0 Å². The zero-order valence-electron chi connectivity index (χ0n) is 35.8. The van der Waals surface area contributed by atoms with Crippen molar-refractivity contribution < 1.29 is 14.4 Å². The van der Waals surface area contributed by atoms with Crippen molar-refractivity contribution in [2.24, 2.45) is 5.92 Å². The summed E-state index contributed by atoms with van der Waals surface area (Å²) in [7, 11) is 0. The quantitative estimate of drug-likeness (QED) is 0.147. The molecule has 2 aromatic carbocycles. The zero-order valence-corrected chi connectivity index (χ0v) is 35.8. The number of urea groups is 1. The molecule has 8 heterocycles. The first-order valence-electron chi connectivity index (χ1n) is 22.6. The number of rotatable bonds is 10. The third-order valence-corrected chi connectivity index (χ3v) is 14.0. The van der Waals surface area contributed by atoms with Crippen molar-refractivity contribution in [3.05, 3.63) is 108 Å². The van der Waals surface area contributed by atoms with Crippen LogP contribution in [0.25, 0.3) is 33.5 Å². The van der Waals surface area contributed by atoms with Gasteiger partial charge in [0, 0.05) is 130 Å². The highest BCUT2D eigenvalue weighted by molar-refractivity contribution is 6.05. The zero-order chi connectivity index (χ0) is 42.6. The van der Waals surface area contributed by atoms with E-state index in [0.29, 0.717) is 31.3 Å². The first-order valence-corrected chi connectivity index (χ1v) is 22.6. The number of aromatic nitrogens is 5. The van der Waals surface area contributed by atoms with E-state index < -0.39 is 0 Å². The third kappa shape index (κ3) is 7.81. The Hall–Kier alpha value is -6.54. The van der Waals surface area contributed by atoms with Crippen molar-refractivity contribution in [2.75, 3.05) is 73.6 Å². The topological polar surface area (TPSA) is 139 Å². The number of H-pyrrole nitrogens is 1. The summed E-state index contributed by atoms with van der Waals surface area (Å²) in [5.41, 5.74) is 11.5. The van der Waals surface area contributed by atoms with E-state index in [0.717, 1.165) is 128 Å². The van der Waals surface area contributed by atoms with Crippen LogP contribution < -0.4 is 20.0 Å². The molecule has 4 aliphatic heterocycles. The summed E-state index contributed by atoms with van der Waals surface area (Å²) >= 11 is 0. The Morgan fingerprint density at radius 3 is 2.27 bits per heavy atom. The number of carbonyl (C=O) groups is 3. The number of fused-ring (bicyclic) bond motifs is 2. The van der Waals surface area contributed by atoms with Gasteiger partial charge >= 0.3 is 12.1 Å². The number of nitrogens with one attached hydrogen (secondary N) is 2. The van der Waals surface area contributed by atoms with E-state index in [1.165, 1.54) is 29.8 Å². The van der Waals surface area contributed by atoms with Crippen LogP contribution in [0.5, 0.6) is 0 Å². The summed E-state index contributed by atoms with van der Waals surface area (Å²) in [4.78, 5) is 66.0. The summed E-state index contributed by atoms with van der Waals surface area (Å²) in [6.45, 7) is 11.0. The highest BCUT2D eigenvalue weighted by Crippen LogP contribution is 2.43. The van der Waals surface area contributed by atoms with Gasteiger partial charge in [0.25, 0.3) is 0 Å². The molecule has 0 unspecified atom stereocenters. The fraction of sp³-hybridized carbons (Fsp3) is 0.388. The van der Waals surface area contributed by atoms with Crippen LogP contribution in [-0.2, 0) is 17.8 Å². The Morgan fingerprint density at radius 1 is 0.730 bits per heavy atom. The van der Waals surface area contributed by atoms with Crippen molar-refractivity contribution in [1.82, 2.24) is 39.6 Å². The Bertz CT molecular complexity index is 2690. The van der Waals surface area contributed by atoms with Crippen molar-refractivity contribution in [2.45, 2.75) is 57.9 Å². The van der Waals surface area contributed by atoms with E-state index in [-0.39, 0.29) is 18.0 Å². The van der Waals surface area contributed by atoms with E-state index >= 15 is 0 Å². The second-order valence-corrected chi connectivity index (χ2v) is 18.0. The summed E-state index contributed by atoms with van der Waals surface area (Å²) in [6.07, 6.45) is 11.6. The number of aromatic amines is 1. The molecule has 6 aromatic rings. The van der Waals surface area contributed by atoms with Gasteiger partial charge in [-0.15, -0.1) is 0 Å². The molecular formula is C49H53N11O3. The Labute approximate surface area is 366 Å². The lowest BCUT2D eigenvalue weighted by molar-refractivity contribution is -0.120. The Kier molecular flexibility index (Phi) is 10.2. The van der Waals surface area contributed by atoms with Gasteiger partial charge in [0.05, 0.1) is 5.69 Å². The summed E-state index contributed by atoms with van der Waals surface area (Å²) in [6, 6.07) is 22.9. The minimum Gasteiger partial charge on any atom is -0.372 e. The first kappa shape index (κ1) is 39.3. The number of carbonyl (C=O) groups excluding carboxylic acids is 3. The number of hydrogen-bond acceptors (Lipinski definition) is 9. The lowest BCUT2D eigenvalue weighted by atomic mass is 9.95. The fourth-order valence-electron chi connectivity index (χ4n) is 10.2. The number of amides is 4. The molecule has 4 aromatic heterocycles. The maximum atomic E-state index is 13.4. The van der Waals surface area contributed by atoms with Crippen LogP contribution in [0.3, 0.4) is 0 Å². The van der Waals surface area contributed by atoms with Gasteiger partial charge in [0.2, 0.25) is 5.91 Å². The average molecular weight is 844 g/mol. The standard InChI is InChI=1S/C49H53N11O3/c1-32-26-35(4-5-37(32)30-58-19-15-43-40(34-2-3-34)14-20-60(43)49(58)63)46-41-27-42(53-47(41)52-31-51-46)36-6-11-44(50-28-36)57-24-22-55(23-25-57)29-33-12-17-56(18-13-33)38-7-9-39(10-8-38)59-21-16-45(61)54-48(59)62/h4-11,14,20,26-28,31,33-34H,2-3,12-13,15-19,21-25,29-30H2,1H3,(H,51,52,53)(H,54,61,62). The number of nitrogens with zero attached hydrogens (tertiary/aromatic N) is 9. The van der Waals surface area contributed by atoms with Gasteiger partial charge in [-0.05, 0) is 116 Å². The number of piperazine rings is 1. The van der Waals surface area contributed by atoms with Crippen molar-refractivity contribution in [3.63, 3.8) is 0 Å². The van der Waals surface area contributed by atoms with Crippen molar-refractivity contribution >= 4 is 46.2 Å². The molecule has 63 heavy (non-hydrogen) atoms. The molecule has 2 N–H and O–H groups in total. The van der Waals surface area contributed by atoms with Gasteiger partial charge in [-0.2, -0.15) is 0 Å². The van der Waals surface area contributed by atoms with E-state index in [1.807, 2.05) is 34.0 Å². The Balaban J connectivity index is 0.676. The smallest absolute Gasteiger partial charge is 0.328 e. The van der Waals surface area contributed by atoms with Crippen molar-refractivity contribution in [1.29, 1.82) is 0 Å². The molecule has 14 heteroatoms. The molecule has 0 radical (unpaired) electrons. The molecule has 3 saturated heterocycles. The van der Waals surface area contributed by atoms with Crippen molar-refractivity contribution in [3.8, 4) is 22.5 Å². The molecule has 0 bridgehead atoms. The van der Waals surface area contributed by atoms with E-state index in [1.54, 1.807) is 11.2 Å². The van der Waals surface area contributed by atoms with Gasteiger partial charge in [-0.1, -0.05) is 12.1 Å². The average Bonchev–Trinajstić information content (AvgIpc) is 3.90. The molecule has 4 fully saturated rings. The van der Waals surface area contributed by atoms with E-state index in [9.17, 15) is 14.4 Å². The number of piperidine rings is 1. The maximum Gasteiger partial charge on any atom is 0.328 e. The van der Waals surface area contributed by atoms with Crippen LogP contribution in [0, 0.1) is 12.8 Å². The van der Waals surface area contributed by atoms with Crippen LogP contribution in [0.15, 0.2) is 85.5 Å². The molecule has 0 atom stereocenters. The summed E-state index contributed by atoms with van der Waals surface area (Å²) < 4.78 is 1.87. The molecule has 322 valence electrons. The Morgan fingerprint density at radius 2 is 1.52 bits per heavy atom. The summed E-state index contributed by atoms with van der Waals surface area (Å²) in [5.74, 6) is 2.11. The minimum absolute atomic E-state index is 0.0729. The molecule has 5 aliphatic rings. The fourth-order valence-corrected chi connectivity index (χ4v) is 10.2. The summed E-state index contributed by atoms with van der Waals surface area (Å²) in [5, 5.41) is 3.36. The molecule has 1 aliphatic carbocycles. The SMILES string of the molecule is Cc1cc(-c2ncnc3[nH]c(-c4ccc(N5CCN(CC6CCN(c7ccc(N8CCC(=O)NC8=O)cc7)CC6)CC5)nc4)cc23)ccc1CN1CCc2c(C3CC3)ccn2C1=O. The van der Waals surface area contributed by atoms with Gasteiger partial charge in [-0.3, -0.25) is 24.5 Å². The predicted molar refractivity (Wildman–Crippen MR) is 244 cm³/mol. The van der Waals surface area contributed by atoms with Crippen LogP contribution in [0.1, 0.15) is 60.4 Å². The molecule has 11 rings (SSSR count). The van der Waals surface area contributed by atoms with Gasteiger partial charge in [0.1, 0.15) is 17.8 Å². The van der Waals surface area contributed by atoms with Gasteiger partial charge < -0.3 is 19.7 Å². The second kappa shape index (κ2) is 16.3. The molecule has 0 spiro atoms. The highest BCUT2D eigenvalue weighted by Gasteiger charge is 2.33. The van der Waals surface area contributed by atoms with Gasteiger partial charge in [-0.25, -0.2) is 24.5 Å². The number of benzene rings is 2. The lowest BCUT2D eigenvalue weighted by Crippen LogP contribution is -2.49. The van der Waals surface area contributed by atoms with Gasteiger partial charge in [0.15, 0.2) is 0 Å². The second-order valence-electron chi connectivity index (χ2n) is 18.0. The third-order valence-electron chi connectivity index (χ3n) is 14.0. The normalized spacial score (nSPS) is 19.0. The minimum atomic E-state index is -0.348. The molecule has 4 amide bonds. The number of aryl methyl sites for hydroxylation is 1. The number of anilines is 3. The number of pyridine rings is 1. The van der Waals surface area contributed by atoms with Crippen LogP contribution in [-0.4, -0.2) is 111 Å². The molecular weight excluding hydrogens is 791 g/mol. The first-order chi connectivity index (χ1) is 30.8. The number of imide groups is 1. The monoisotopic (exact) mass is 843 g/mol. The van der Waals surface area contributed by atoms with Crippen LogP contribution in [0.2, 0.25) is 0 Å².